The van der Waals surface area contributed by atoms with Gasteiger partial charge in [0.15, 0.2) is 23.3 Å². The number of amides is 5. The summed E-state index contributed by atoms with van der Waals surface area (Å²) in [5.41, 5.74) is 2.35. The van der Waals surface area contributed by atoms with Gasteiger partial charge in [-0.15, -0.1) is 11.3 Å². The fourth-order valence-corrected chi connectivity index (χ4v) is 10.6. The molecule has 75 heavy (non-hydrogen) atoms. The molecular formula is C54H77F2N7O7S5. The van der Waals surface area contributed by atoms with Crippen molar-refractivity contribution in [2.24, 2.45) is 11.8 Å². The van der Waals surface area contributed by atoms with Gasteiger partial charge in [0.1, 0.15) is 18.1 Å². The van der Waals surface area contributed by atoms with Crippen LogP contribution in [0.2, 0.25) is 0 Å². The molecule has 3 heterocycles. The molecule has 1 saturated carbocycles. The highest BCUT2D eigenvalue weighted by Crippen LogP contribution is 2.37. The predicted octanol–water partition coefficient (Wildman–Crippen LogP) is 7.97. The van der Waals surface area contributed by atoms with Gasteiger partial charge in [-0.2, -0.15) is 58.4 Å². The van der Waals surface area contributed by atoms with Gasteiger partial charge in [-0.25, -0.2) is 9.37 Å². The molecule has 2 aliphatic heterocycles. The number of anilines is 1. The number of aromatic nitrogens is 1. The number of hydrogen-bond donors (Lipinski definition) is 4. The van der Waals surface area contributed by atoms with Crippen LogP contribution in [0.5, 0.6) is 5.75 Å². The minimum Gasteiger partial charge on any atom is -0.480 e. The Labute approximate surface area is 472 Å². The minimum atomic E-state index is -1.19. The van der Waals surface area contributed by atoms with E-state index in [1.165, 1.54) is 17.4 Å². The van der Waals surface area contributed by atoms with Gasteiger partial charge in [0.25, 0.3) is 5.91 Å². The standard InChI is InChI=1S/C54H69F2N7O7S.4H2S/c1-3-36(2)50(65)60-47(39-22-13-8-14-23-39)53(68)63-29-17-24-43(63)51(66)61-48(45(37-18-9-6-10-19-37)38-20-11-7-12-21-38)52(67)58-28-16-5-4-15-27-57-44(64)34-70-49-40(25-26-41(55)46(49)56)42-35-71-54(59-42)62-30-32-69-33-31-62;;;;/h6-7,9-12,18-21,25-26,35-36,39,43,45,47-48H,3-5,8,13-17,22-24,27-34H2,1-2H3,(H,57,64)(H,58,67)(H,60,65)(H,61,66);4*1H2/t36-,43?,47+,48+;;;;/m1..../s1. The van der Waals surface area contributed by atoms with E-state index in [9.17, 15) is 28.4 Å². The molecule has 1 unspecified atom stereocenters. The van der Waals surface area contributed by atoms with E-state index in [0.29, 0.717) is 83.7 Å². The number of benzene rings is 3. The van der Waals surface area contributed by atoms with Gasteiger partial charge in [0.2, 0.25) is 29.4 Å². The normalized spacial score (nSPS) is 16.6. The summed E-state index contributed by atoms with van der Waals surface area (Å²) in [5.74, 6) is -5.10. The molecule has 4 aromatic rings. The van der Waals surface area contributed by atoms with Crippen LogP contribution in [0, 0.1) is 23.5 Å². The van der Waals surface area contributed by atoms with Crippen molar-refractivity contribution in [2.75, 3.05) is 57.4 Å². The maximum absolute atomic E-state index is 15.0. The summed E-state index contributed by atoms with van der Waals surface area (Å²) >= 11 is 1.38. The Morgan fingerprint density at radius 3 is 2.01 bits per heavy atom. The van der Waals surface area contributed by atoms with Crippen LogP contribution in [0.25, 0.3) is 11.3 Å². The number of unbranched alkanes of at least 4 members (excludes halogenated alkanes) is 3. The van der Waals surface area contributed by atoms with Crippen molar-refractivity contribution in [3.05, 3.63) is 101 Å². The maximum atomic E-state index is 15.0. The van der Waals surface area contributed by atoms with Gasteiger partial charge in [-0.1, -0.05) is 107 Å². The number of halogens is 2. The van der Waals surface area contributed by atoms with E-state index in [0.717, 1.165) is 67.3 Å². The zero-order valence-electron chi connectivity index (χ0n) is 43.0. The van der Waals surface area contributed by atoms with Crippen molar-refractivity contribution in [2.45, 2.75) is 115 Å². The van der Waals surface area contributed by atoms with Gasteiger partial charge >= 0.3 is 0 Å². The van der Waals surface area contributed by atoms with E-state index in [1.807, 2.05) is 74.5 Å². The van der Waals surface area contributed by atoms with Gasteiger partial charge in [0.05, 0.1) is 18.9 Å². The Morgan fingerprint density at radius 2 is 1.39 bits per heavy atom. The first-order valence-corrected chi connectivity index (χ1v) is 26.4. The van der Waals surface area contributed by atoms with Crippen molar-refractivity contribution < 1.29 is 42.2 Å². The Balaban J connectivity index is 0.00000371. The summed E-state index contributed by atoms with van der Waals surface area (Å²) in [5, 5.41) is 14.6. The lowest BCUT2D eigenvalue weighted by Crippen LogP contribution is -2.59. The average molecular weight is 1130 g/mol. The van der Waals surface area contributed by atoms with Crippen LogP contribution in [0.15, 0.2) is 78.2 Å². The second-order valence-electron chi connectivity index (χ2n) is 18.9. The second kappa shape index (κ2) is 32.9. The van der Waals surface area contributed by atoms with Crippen LogP contribution in [-0.2, 0) is 28.7 Å². The summed E-state index contributed by atoms with van der Waals surface area (Å²) in [6, 6.07) is 19.0. The highest BCUT2D eigenvalue weighted by atomic mass is 32.1. The monoisotopic (exact) mass is 1130 g/mol. The number of ether oxygens (including phenoxy) is 2. The van der Waals surface area contributed by atoms with Crippen LogP contribution in [-0.4, -0.2) is 110 Å². The van der Waals surface area contributed by atoms with E-state index >= 15 is 4.39 Å². The van der Waals surface area contributed by atoms with Crippen LogP contribution in [0.1, 0.15) is 108 Å². The van der Waals surface area contributed by atoms with E-state index < -0.39 is 54.1 Å². The smallest absolute Gasteiger partial charge is 0.257 e. The number of nitrogens with one attached hydrogen (secondary N) is 4. The van der Waals surface area contributed by atoms with E-state index in [4.69, 9.17) is 9.47 Å². The second-order valence-corrected chi connectivity index (χ2v) is 19.7. The van der Waals surface area contributed by atoms with Crippen LogP contribution in [0.3, 0.4) is 0 Å². The SMILES string of the molecule is CC[C@@H](C)C(=O)N[C@H](C(=O)N1CCCC1C(=O)N[C@H](C(=O)NCCCCCCNC(=O)COc1c(-c2csc(N3CCOCC3)n2)ccc(F)c1F)C(c1ccccc1)c1ccccc1)C1CCCCC1.S.S.S.S. The van der Waals surface area contributed by atoms with E-state index in [-0.39, 0.29) is 94.9 Å². The highest BCUT2D eigenvalue weighted by molar-refractivity contribution is 7.59. The summed E-state index contributed by atoms with van der Waals surface area (Å²) < 4.78 is 40.4. The van der Waals surface area contributed by atoms with E-state index in [2.05, 4.69) is 31.2 Å². The summed E-state index contributed by atoms with van der Waals surface area (Å²) in [4.78, 5) is 77.8. The molecule has 1 aliphatic carbocycles. The molecule has 2 saturated heterocycles. The molecule has 4 N–H and O–H groups in total. The Hall–Kier alpha value is -4.54. The van der Waals surface area contributed by atoms with Crippen molar-refractivity contribution >= 4 is 100.0 Å². The molecule has 0 radical (unpaired) electrons. The Morgan fingerprint density at radius 1 is 0.760 bits per heavy atom. The lowest BCUT2D eigenvalue weighted by molar-refractivity contribution is -0.144. The predicted molar refractivity (Wildman–Crippen MR) is 311 cm³/mol. The topological polar surface area (TPSA) is 171 Å². The molecule has 0 spiro atoms. The fraction of sp³-hybridized carbons (Fsp3) is 0.519. The quantitative estimate of drug-likeness (QED) is 0.0538. The van der Waals surface area contributed by atoms with Crippen molar-refractivity contribution in [1.82, 2.24) is 31.2 Å². The lowest BCUT2D eigenvalue weighted by Gasteiger charge is -2.36. The molecule has 414 valence electrons. The molecule has 21 heteroatoms. The molecule has 1 aromatic heterocycles. The van der Waals surface area contributed by atoms with Crippen LogP contribution in [0.4, 0.5) is 13.9 Å². The summed E-state index contributed by atoms with van der Waals surface area (Å²) in [6.45, 7) is 6.84. The molecule has 14 nitrogen and oxygen atoms in total. The third-order valence-electron chi connectivity index (χ3n) is 14.0. The largest absolute Gasteiger partial charge is 0.480 e. The number of carbonyl (C=O) groups excluding carboxylic acids is 5. The highest BCUT2D eigenvalue weighted by Gasteiger charge is 2.43. The minimum absolute atomic E-state index is 0. The molecule has 0 bridgehead atoms. The molecule has 3 aromatic carbocycles. The first-order valence-electron chi connectivity index (χ1n) is 25.5. The number of hydrogen-bond acceptors (Lipinski definition) is 10. The summed E-state index contributed by atoms with van der Waals surface area (Å²) in [6.07, 6.45) is 9.17. The van der Waals surface area contributed by atoms with Gasteiger partial charge in [-0.05, 0) is 74.1 Å². The summed E-state index contributed by atoms with van der Waals surface area (Å²) in [7, 11) is 0. The first-order chi connectivity index (χ1) is 34.5. The number of morpholine rings is 1. The molecule has 4 atom stereocenters. The van der Waals surface area contributed by atoms with E-state index in [1.54, 1.807) is 10.3 Å². The van der Waals surface area contributed by atoms with Crippen molar-refractivity contribution in [3.8, 4) is 17.0 Å². The zero-order valence-corrected chi connectivity index (χ0v) is 47.8. The van der Waals surface area contributed by atoms with Gasteiger partial charge in [-0.3, -0.25) is 24.0 Å². The lowest BCUT2D eigenvalue weighted by atomic mass is 9.83. The first kappa shape index (κ1) is 64.7. The number of nitrogens with zero attached hydrogens (tertiary/aromatic N) is 3. The Kier molecular flexibility index (Phi) is 28.4. The number of thiazole rings is 1. The maximum Gasteiger partial charge on any atom is 0.257 e. The number of likely N-dealkylation sites (tertiary alicyclic amines) is 1. The van der Waals surface area contributed by atoms with Crippen molar-refractivity contribution in [1.29, 1.82) is 0 Å². The van der Waals surface area contributed by atoms with Crippen LogP contribution < -0.4 is 30.9 Å². The van der Waals surface area contributed by atoms with Crippen molar-refractivity contribution in [3.63, 3.8) is 0 Å². The number of rotatable bonds is 23. The molecule has 3 aliphatic rings. The fourth-order valence-electron chi connectivity index (χ4n) is 9.76. The molecular weight excluding hydrogens is 1060 g/mol. The molecule has 5 amide bonds. The average Bonchev–Trinajstić information content (AvgIpc) is 4.11. The molecule has 7 rings (SSSR count). The zero-order chi connectivity index (χ0) is 50.1. The molecule has 3 fully saturated rings. The van der Waals surface area contributed by atoms with Gasteiger partial charge in [0, 0.05) is 55.5 Å². The number of carbonyl (C=O) groups is 5. The Bertz CT molecular complexity index is 2360. The third-order valence-corrected chi connectivity index (χ3v) is 14.9. The third kappa shape index (κ3) is 17.7. The van der Waals surface area contributed by atoms with Crippen LogP contribution >= 0.6 is 65.3 Å². The van der Waals surface area contributed by atoms with Gasteiger partial charge < -0.3 is 40.5 Å².